The highest BCUT2D eigenvalue weighted by molar-refractivity contribution is 7.85. The second-order valence-corrected chi connectivity index (χ2v) is 8.52. The Morgan fingerprint density at radius 2 is 2.16 bits per heavy atom. The molecule has 0 aliphatic carbocycles. The molecule has 1 aromatic rings. The molecule has 0 radical (unpaired) electrons. The molecule has 2 heterocycles. The fourth-order valence-corrected chi connectivity index (χ4v) is 2.68. The van der Waals surface area contributed by atoms with Gasteiger partial charge in [-0.15, -0.1) is 0 Å². The van der Waals surface area contributed by atoms with Crippen LogP contribution in [0, 0.1) is 0 Å². The molecular formula is C15H24N2O7S. The summed E-state index contributed by atoms with van der Waals surface area (Å²) < 4.78 is 42.4. The molecule has 2 rings (SSSR count). The van der Waals surface area contributed by atoms with E-state index in [-0.39, 0.29) is 37.0 Å². The van der Waals surface area contributed by atoms with Crippen LogP contribution in [0.4, 0.5) is 4.79 Å². The van der Waals surface area contributed by atoms with Gasteiger partial charge in [0.1, 0.15) is 18.8 Å². The lowest BCUT2D eigenvalue weighted by Gasteiger charge is -2.28. The van der Waals surface area contributed by atoms with Gasteiger partial charge in [-0.3, -0.25) is 4.18 Å². The molecule has 1 saturated heterocycles. The number of rotatable bonds is 6. The number of likely N-dealkylation sites (tertiary alicyclic amines) is 1. The topological polar surface area (TPSA) is 108 Å². The molecule has 1 amide bonds. The third kappa shape index (κ3) is 6.54. The second kappa shape index (κ2) is 7.61. The molecule has 0 spiro atoms. The van der Waals surface area contributed by atoms with E-state index in [1.165, 1.54) is 6.07 Å². The molecule has 0 saturated carbocycles. The Hall–Kier alpha value is -1.81. The lowest BCUT2D eigenvalue weighted by atomic mass is 10.2. The van der Waals surface area contributed by atoms with Crippen molar-refractivity contribution in [1.29, 1.82) is 0 Å². The predicted octanol–water partition coefficient (Wildman–Crippen LogP) is 1.93. The van der Waals surface area contributed by atoms with Gasteiger partial charge < -0.3 is 18.9 Å². The van der Waals surface area contributed by atoms with E-state index in [1.54, 1.807) is 4.90 Å². The summed E-state index contributed by atoms with van der Waals surface area (Å²) in [5.41, 5.74) is -0.550. The lowest BCUT2D eigenvalue weighted by molar-refractivity contribution is 0.0184. The third-order valence-electron chi connectivity index (χ3n) is 3.38. The van der Waals surface area contributed by atoms with E-state index in [4.69, 9.17) is 14.0 Å². The first-order valence-electron chi connectivity index (χ1n) is 7.96. The number of ether oxygens (including phenoxy) is 2. The smallest absolute Gasteiger partial charge is 0.410 e. The summed E-state index contributed by atoms with van der Waals surface area (Å²) >= 11 is 0. The molecule has 0 N–H and O–H groups in total. The van der Waals surface area contributed by atoms with E-state index in [2.05, 4.69) is 9.34 Å². The van der Waals surface area contributed by atoms with Crippen LogP contribution in [-0.4, -0.2) is 55.6 Å². The monoisotopic (exact) mass is 376 g/mol. The number of nitrogens with zero attached hydrogens (tertiary/aromatic N) is 2. The summed E-state index contributed by atoms with van der Waals surface area (Å²) in [6.45, 7) is 6.09. The van der Waals surface area contributed by atoms with Gasteiger partial charge in [0.25, 0.3) is 16.0 Å². The van der Waals surface area contributed by atoms with Gasteiger partial charge >= 0.3 is 6.09 Å². The van der Waals surface area contributed by atoms with E-state index in [0.717, 1.165) is 19.1 Å². The Kier molecular flexibility index (Phi) is 5.94. The van der Waals surface area contributed by atoms with Crippen molar-refractivity contribution in [1.82, 2.24) is 10.1 Å². The predicted molar refractivity (Wildman–Crippen MR) is 87.6 cm³/mol. The van der Waals surface area contributed by atoms with Gasteiger partial charge in [-0.2, -0.15) is 8.42 Å². The number of aromatic nitrogens is 1. The second-order valence-electron chi connectivity index (χ2n) is 6.88. The minimum absolute atomic E-state index is 0.109. The van der Waals surface area contributed by atoms with Crippen LogP contribution in [0.1, 0.15) is 39.4 Å². The average molecular weight is 376 g/mol. The van der Waals surface area contributed by atoms with Crippen LogP contribution in [0.2, 0.25) is 0 Å². The van der Waals surface area contributed by atoms with Gasteiger partial charge in [0, 0.05) is 12.6 Å². The van der Waals surface area contributed by atoms with Crippen molar-refractivity contribution in [3.05, 3.63) is 11.8 Å². The Balaban J connectivity index is 1.86. The van der Waals surface area contributed by atoms with Crippen molar-refractivity contribution in [2.75, 3.05) is 19.4 Å². The summed E-state index contributed by atoms with van der Waals surface area (Å²) in [5.74, 6) is 0.444. The number of hydrogen-bond donors (Lipinski definition) is 0. The maximum atomic E-state index is 12.2. The molecule has 1 aliphatic heterocycles. The van der Waals surface area contributed by atoms with E-state index < -0.39 is 15.7 Å². The Morgan fingerprint density at radius 1 is 1.44 bits per heavy atom. The zero-order valence-corrected chi connectivity index (χ0v) is 15.7. The fourth-order valence-electron chi connectivity index (χ4n) is 2.35. The van der Waals surface area contributed by atoms with Crippen molar-refractivity contribution in [3.63, 3.8) is 0 Å². The fraction of sp³-hybridized carbons (Fsp3) is 0.733. The zero-order chi connectivity index (χ0) is 18.7. The molecule has 1 aromatic heterocycles. The highest BCUT2D eigenvalue weighted by Gasteiger charge is 2.32. The molecular weight excluding hydrogens is 352 g/mol. The van der Waals surface area contributed by atoms with Crippen LogP contribution >= 0.6 is 0 Å². The molecule has 0 bridgehead atoms. The summed E-state index contributed by atoms with van der Waals surface area (Å²) in [4.78, 5) is 13.9. The Labute approximate surface area is 147 Å². The first kappa shape index (κ1) is 19.5. The van der Waals surface area contributed by atoms with Crippen molar-refractivity contribution >= 4 is 16.2 Å². The van der Waals surface area contributed by atoms with E-state index >= 15 is 0 Å². The highest BCUT2D eigenvalue weighted by atomic mass is 32.2. The largest absolute Gasteiger partial charge is 0.473 e. The summed E-state index contributed by atoms with van der Waals surface area (Å²) in [6, 6.07) is 1.35. The average Bonchev–Trinajstić information content (AvgIpc) is 3.09. The van der Waals surface area contributed by atoms with Crippen LogP contribution in [0.5, 0.6) is 5.88 Å². The van der Waals surface area contributed by atoms with Crippen molar-refractivity contribution in [2.45, 2.75) is 51.9 Å². The first-order chi connectivity index (χ1) is 11.5. The first-order valence-corrected chi connectivity index (χ1v) is 9.77. The van der Waals surface area contributed by atoms with Crippen LogP contribution in [-0.2, 0) is 25.6 Å². The normalized spacial score (nSPS) is 18.4. The van der Waals surface area contributed by atoms with Gasteiger partial charge in [0.05, 0.1) is 12.3 Å². The molecule has 1 fully saturated rings. The standard InChI is InChI=1S/C15H24N2O7S/c1-15(2,3)23-14(18)17-7-5-6-11(17)9-21-13-8-12(24-16-13)10-22-25(4,19)20/h8,11H,5-7,9-10H2,1-4H3/t11-/m0/s1. The van der Waals surface area contributed by atoms with Crippen molar-refractivity contribution < 1.29 is 31.4 Å². The molecule has 25 heavy (non-hydrogen) atoms. The number of carbonyl (C=O) groups is 1. The third-order valence-corrected chi connectivity index (χ3v) is 3.93. The van der Waals surface area contributed by atoms with E-state index in [0.29, 0.717) is 6.54 Å². The molecule has 1 atom stereocenters. The van der Waals surface area contributed by atoms with Gasteiger partial charge in [-0.05, 0) is 38.8 Å². The summed E-state index contributed by atoms with van der Waals surface area (Å²) in [6.07, 6.45) is 2.27. The molecule has 142 valence electrons. The van der Waals surface area contributed by atoms with Crippen LogP contribution in [0.3, 0.4) is 0 Å². The lowest BCUT2D eigenvalue weighted by Crippen LogP contribution is -2.42. The Morgan fingerprint density at radius 3 is 2.80 bits per heavy atom. The summed E-state index contributed by atoms with van der Waals surface area (Å²) in [7, 11) is -3.56. The Bertz CT molecular complexity index is 693. The van der Waals surface area contributed by atoms with E-state index in [9.17, 15) is 13.2 Å². The molecule has 0 unspecified atom stereocenters. The quantitative estimate of drug-likeness (QED) is 0.693. The zero-order valence-electron chi connectivity index (χ0n) is 14.9. The van der Waals surface area contributed by atoms with Gasteiger partial charge in [-0.25, -0.2) is 4.79 Å². The van der Waals surface area contributed by atoms with Crippen LogP contribution in [0.25, 0.3) is 0 Å². The van der Waals surface area contributed by atoms with Gasteiger partial charge in [-0.1, -0.05) is 0 Å². The van der Waals surface area contributed by atoms with Gasteiger partial charge in [0.15, 0.2) is 5.76 Å². The summed E-state index contributed by atoms with van der Waals surface area (Å²) in [5, 5.41) is 3.70. The minimum atomic E-state index is -3.56. The van der Waals surface area contributed by atoms with Crippen LogP contribution in [0.15, 0.2) is 10.6 Å². The minimum Gasteiger partial charge on any atom is -0.473 e. The van der Waals surface area contributed by atoms with Gasteiger partial charge in [0.2, 0.25) is 0 Å². The molecule has 1 aliphatic rings. The molecule has 9 nitrogen and oxygen atoms in total. The van der Waals surface area contributed by atoms with Crippen molar-refractivity contribution in [2.24, 2.45) is 0 Å². The van der Waals surface area contributed by atoms with E-state index in [1.807, 2.05) is 20.8 Å². The molecule has 0 aromatic carbocycles. The maximum absolute atomic E-state index is 12.2. The highest BCUT2D eigenvalue weighted by Crippen LogP contribution is 2.22. The van der Waals surface area contributed by atoms with Crippen molar-refractivity contribution in [3.8, 4) is 5.88 Å². The SMILES string of the molecule is CC(C)(C)OC(=O)N1CCC[C@H]1COc1cc(COS(C)(=O)=O)on1. The van der Waals surface area contributed by atoms with Crippen LogP contribution < -0.4 is 4.74 Å². The number of hydrogen-bond acceptors (Lipinski definition) is 8. The molecule has 10 heteroatoms. The maximum Gasteiger partial charge on any atom is 0.410 e. The number of carbonyl (C=O) groups excluding carboxylic acids is 1. The number of amides is 1.